The lowest BCUT2D eigenvalue weighted by atomic mass is 10.1. The second kappa shape index (κ2) is 11.0. The van der Waals surface area contributed by atoms with Crippen LogP contribution in [0.1, 0.15) is 24.3 Å². The molecule has 0 fully saturated rings. The highest BCUT2D eigenvalue weighted by Crippen LogP contribution is 2.43. The number of rotatable bonds is 7. The number of aromatic nitrogens is 3. The van der Waals surface area contributed by atoms with Gasteiger partial charge in [0, 0.05) is 28.8 Å². The summed E-state index contributed by atoms with van der Waals surface area (Å²) in [4.78, 5) is 19.3. The molecule has 9 heteroatoms. The third kappa shape index (κ3) is 5.30. The Labute approximate surface area is 224 Å². The van der Waals surface area contributed by atoms with E-state index in [1.807, 2.05) is 72.8 Å². The van der Waals surface area contributed by atoms with Crippen LogP contribution in [0.25, 0.3) is 11.3 Å². The van der Waals surface area contributed by atoms with Crippen molar-refractivity contribution in [3.63, 3.8) is 0 Å². The summed E-state index contributed by atoms with van der Waals surface area (Å²) in [7, 11) is 0. The van der Waals surface area contributed by atoms with E-state index in [0.717, 1.165) is 11.1 Å². The van der Waals surface area contributed by atoms with Gasteiger partial charge in [-0.1, -0.05) is 84.5 Å². The molecule has 0 spiro atoms. The molecule has 0 saturated carbocycles. The molecule has 1 aromatic heterocycles. The number of carbonyl (C=O) groups excluding carboxylic acids is 1. The van der Waals surface area contributed by atoms with Crippen molar-refractivity contribution in [2.45, 2.75) is 24.1 Å². The Morgan fingerprint density at radius 2 is 1.95 bits per heavy atom. The molecule has 3 aromatic carbocycles. The van der Waals surface area contributed by atoms with Gasteiger partial charge in [-0.15, -0.1) is 10.2 Å². The first-order chi connectivity index (χ1) is 18.0. The van der Waals surface area contributed by atoms with Gasteiger partial charge >= 0.3 is 0 Å². The highest BCUT2D eigenvalue weighted by molar-refractivity contribution is 7.98. The van der Waals surface area contributed by atoms with E-state index < -0.39 is 6.23 Å². The summed E-state index contributed by atoms with van der Waals surface area (Å²) in [6.07, 6.45) is 0.874. The third-order valence-electron chi connectivity index (χ3n) is 5.68. The van der Waals surface area contributed by atoms with Gasteiger partial charge in [0.15, 0.2) is 5.69 Å². The predicted molar refractivity (Wildman–Crippen MR) is 145 cm³/mol. The Hall–Kier alpha value is -3.88. The zero-order chi connectivity index (χ0) is 25.8. The number of fused-ring (bicyclic) bond motifs is 3. The predicted octanol–water partition coefficient (Wildman–Crippen LogP) is 6.49. The van der Waals surface area contributed by atoms with E-state index in [-0.39, 0.29) is 11.8 Å². The topological polar surface area (TPSA) is 77.4 Å². The number of hydrogen-bond acceptors (Lipinski definition) is 7. The first-order valence-electron chi connectivity index (χ1n) is 11.6. The molecule has 5 rings (SSSR count). The average Bonchev–Trinajstić information content (AvgIpc) is 3.06. The number of benzene rings is 3. The summed E-state index contributed by atoms with van der Waals surface area (Å²) in [6, 6.07) is 22.6. The Balaban J connectivity index is 1.56. The summed E-state index contributed by atoms with van der Waals surface area (Å²) < 4.78 is 12.2. The van der Waals surface area contributed by atoms with E-state index in [1.165, 1.54) is 18.7 Å². The Bertz CT molecular complexity index is 1470. The molecule has 0 aliphatic carbocycles. The smallest absolute Gasteiger partial charge is 0.247 e. The minimum atomic E-state index is -0.801. The normalized spacial score (nSPS) is 14.1. The number of thioether (sulfide) groups is 1. The van der Waals surface area contributed by atoms with Crippen LogP contribution in [-0.2, 0) is 10.5 Å². The zero-order valence-corrected chi connectivity index (χ0v) is 21.6. The highest BCUT2D eigenvalue weighted by Gasteiger charge is 2.34. The van der Waals surface area contributed by atoms with E-state index in [4.69, 9.17) is 26.1 Å². The standard InChI is InChI=1S/C28H23ClN4O3S/c1-3-15-35-21-11-8-10-19(16-21)27-33(18(2)34)24-14-7-5-12-22(24)25-26(36-27)30-28(32-31-25)37-17-20-9-4-6-13-23(20)29/h3-14,16,27H,1,15,17H2,2H3/t27-/m1/s1. The van der Waals surface area contributed by atoms with Gasteiger partial charge in [0.25, 0.3) is 0 Å². The van der Waals surface area contributed by atoms with Crippen LogP contribution in [0.3, 0.4) is 0 Å². The van der Waals surface area contributed by atoms with Crippen molar-refractivity contribution < 1.29 is 14.3 Å². The number of nitrogens with zero attached hydrogens (tertiary/aromatic N) is 4. The monoisotopic (exact) mass is 530 g/mol. The van der Waals surface area contributed by atoms with Crippen molar-refractivity contribution >= 4 is 35.0 Å². The maximum atomic E-state index is 13.0. The van der Waals surface area contributed by atoms with Gasteiger partial charge in [0.05, 0.1) is 5.69 Å². The summed E-state index contributed by atoms with van der Waals surface area (Å²) in [6.45, 7) is 5.57. The Morgan fingerprint density at radius 1 is 1.14 bits per heavy atom. The number of para-hydroxylation sites is 1. The second-order valence-electron chi connectivity index (χ2n) is 8.18. The minimum absolute atomic E-state index is 0.191. The van der Waals surface area contributed by atoms with Crippen molar-refractivity contribution in [3.05, 3.63) is 102 Å². The molecule has 0 bridgehead atoms. The van der Waals surface area contributed by atoms with E-state index in [9.17, 15) is 4.79 Å². The lowest BCUT2D eigenvalue weighted by molar-refractivity contribution is -0.118. The summed E-state index contributed by atoms with van der Waals surface area (Å²) in [5, 5.41) is 9.93. The molecule has 186 valence electrons. The van der Waals surface area contributed by atoms with Crippen LogP contribution in [0.15, 0.2) is 90.6 Å². The van der Waals surface area contributed by atoms with Crippen LogP contribution in [0, 0.1) is 0 Å². The largest absolute Gasteiger partial charge is 0.490 e. The molecule has 2 heterocycles. The fourth-order valence-electron chi connectivity index (χ4n) is 4.00. The van der Waals surface area contributed by atoms with Gasteiger partial charge in [-0.2, -0.15) is 4.98 Å². The molecule has 0 saturated heterocycles. The maximum absolute atomic E-state index is 13.0. The van der Waals surface area contributed by atoms with Crippen LogP contribution in [0.2, 0.25) is 5.02 Å². The van der Waals surface area contributed by atoms with Crippen LogP contribution in [-0.4, -0.2) is 27.7 Å². The molecule has 1 amide bonds. The number of hydrogen-bond donors (Lipinski definition) is 0. The van der Waals surface area contributed by atoms with Gasteiger partial charge in [-0.05, 0) is 29.8 Å². The van der Waals surface area contributed by atoms with Crippen molar-refractivity contribution in [3.8, 4) is 22.9 Å². The van der Waals surface area contributed by atoms with Crippen molar-refractivity contribution in [1.82, 2.24) is 15.2 Å². The molecule has 1 aliphatic rings. The van der Waals surface area contributed by atoms with Gasteiger partial charge in [-0.3, -0.25) is 9.69 Å². The molecule has 0 N–H and O–H groups in total. The Morgan fingerprint density at radius 3 is 2.76 bits per heavy atom. The molecular weight excluding hydrogens is 508 g/mol. The minimum Gasteiger partial charge on any atom is -0.490 e. The van der Waals surface area contributed by atoms with Gasteiger partial charge in [0.2, 0.25) is 23.2 Å². The quantitative estimate of drug-likeness (QED) is 0.199. The first kappa shape index (κ1) is 24.8. The molecule has 0 radical (unpaired) electrons. The molecule has 0 unspecified atom stereocenters. The number of amides is 1. The van der Waals surface area contributed by atoms with E-state index in [1.54, 1.807) is 11.0 Å². The lowest BCUT2D eigenvalue weighted by Crippen LogP contribution is -2.36. The number of ether oxygens (including phenoxy) is 2. The fraction of sp³-hybridized carbons (Fsp3) is 0.143. The van der Waals surface area contributed by atoms with Crippen LogP contribution in [0.5, 0.6) is 11.6 Å². The van der Waals surface area contributed by atoms with Gasteiger partial charge in [-0.25, -0.2) is 0 Å². The second-order valence-corrected chi connectivity index (χ2v) is 9.53. The van der Waals surface area contributed by atoms with Crippen molar-refractivity contribution in [1.29, 1.82) is 0 Å². The SMILES string of the molecule is C=CCOc1cccc([C@H]2Oc3nc(SCc4ccccc4Cl)nnc3-c3ccccc3N2C(C)=O)c1. The summed E-state index contributed by atoms with van der Waals surface area (Å²) in [5.74, 6) is 1.31. The van der Waals surface area contributed by atoms with E-state index >= 15 is 0 Å². The molecule has 7 nitrogen and oxygen atoms in total. The molecule has 4 aromatic rings. The molecular formula is C28H23ClN4O3S. The maximum Gasteiger partial charge on any atom is 0.247 e. The highest BCUT2D eigenvalue weighted by atomic mass is 35.5. The van der Waals surface area contributed by atoms with Crippen LogP contribution < -0.4 is 14.4 Å². The van der Waals surface area contributed by atoms with Crippen molar-refractivity contribution in [2.24, 2.45) is 0 Å². The molecule has 37 heavy (non-hydrogen) atoms. The number of halogens is 1. The summed E-state index contributed by atoms with van der Waals surface area (Å²) >= 11 is 7.72. The van der Waals surface area contributed by atoms with E-state index in [0.29, 0.717) is 45.2 Å². The van der Waals surface area contributed by atoms with Gasteiger partial charge < -0.3 is 9.47 Å². The summed E-state index contributed by atoms with van der Waals surface area (Å²) in [5.41, 5.74) is 3.52. The van der Waals surface area contributed by atoms with E-state index in [2.05, 4.69) is 16.8 Å². The lowest BCUT2D eigenvalue weighted by Gasteiger charge is -2.30. The molecule has 1 aliphatic heterocycles. The zero-order valence-electron chi connectivity index (χ0n) is 20.0. The average molecular weight is 531 g/mol. The fourth-order valence-corrected chi connectivity index (χ4v) is 5.07. The van der Waals surface area contributed by atoms with Gasteiger partial charge in [0.1, 0.15) is 12.4 Å². The number of anilines is 1. The number of carbonyl (C=O) groups is 1. The van der Waals surface area contributed by atoms with Crippen LogP contribution in [0.4, 0.5) is 5.69 Å². The van der Waals surface area contributed by atoms with Crippen LogP contribution >= 0.6 is 23.4 Å². The Kier molecular flexibility index (Phi) is 7.39. The first-order valence-corrected chi connectivity index (χ1v) is 12.9. The third-order valence-corrected chi connectivity index (χ3v) is 6.93. The van der Waals surface area contributed by atoms with Crippen molar-refractivity contribution in [2.75, 3.05) is 11.5 Å². The molecule has 1 atom stereocenters.